The summed E-state index contributed by atoms with van der Waals surface area (Å²) in [5, 5.41) is 3.04. The summed E-state index contributed by atoms with van der Waals surface area (Å²) in [5.41, 5.74) is 4.24. The molecule has 0 fully saturated rings. The third-order valence-corrected chi connectivity index (χ3v) is 4.63. The molecule has 120 valence electrons. The first-order valence-corrected chi connectivity index (χ1v) is 9.04. The van der Waals surface area contributed by atoms with Crippen LogP contribution in [0.5, 0.6) is 0 Å². The molecule has 1 N–H and O–H groups in total. The average molecular weight is 333 g/mol. The molecule has 0 aliphatic carbocycles. The molecule has 0 aliphatic heterocycles. The Labute approximate surface area is 146 Å². The summed E-state index contributed by atoms with van der Waals surface area (Å²) in [6, 6.07) is 28.2. The quantitative estimate of drug-likeness (QED) is 0.669. The van der Waals surface area contributed by atoms with E-state index >= 15 is 0 Å². The Hall–Kier alpha value is -2.52. The topological polar surface area (TPSA) is 29.1 Å². The molecule has 0 spiro atoms. The molecule has 3 aromatic rings. The highest BCUT2D eigenvalue weighted by atomic mass is 32.2. The third kappa shape index (κ3) is 4.49. The van der Waals surface area contributed by atoms with Crippen LogP contribution in [0.15, 0.2) is 84.9 Å². The predicted molar refractivity (Wildman–Crippen MR) is 103 cm³/mol. The number of amides is 1. The predicted octanol–water partition coefficient (Wildman–Crippen LogP) is 5.23. The minimum atomic E-state index is 0.0271. The van der Waals surface area contributed by atoms with Crippen LogP contribution in [-0.4, -0.2) is 11.7 Å². The van der Waals surface area contributed by atoms with Gasteiger partial charge < -0.3 is 5.32 Å². The second kappa shape index (κ2) is 8.37. The number of hydrogen-bond donors (Lipinski definition) is 1. The second-order valence-electron chi connectivity index (χ2n) is 5.44. The van der Waals surface area contributed by atoms with E-state index in [1.807, 2.05) is 60.7 Å². The standard InChI is InChI=1S/C21H19NOS/c23-21(16-24-15-17-9-3-1-4-10-17)22-20-14-8-7-13-19(20)18-11-5-2-6-12-18/h1-14H,15-16H2,(H,22,23). The fraction of sp³-hybridized carbons (Fsp3) is 0.0952. The van der Waals surface area contributed by atoms with Crippen molar-refractivity contribution in [2.24, 2.45) is 0 Å². The van der Waals surface area contributed by atoms with Crippen molar-refractivity contribution in [3.8, 4) is 11.1 Å². The first-order chi connectivity index (χ1) is 11.8. The zero-order valence-corrected chi connectivity index (χ0v) is 14.1. The van der Waals surface area contributed by atoms with E-state index < -0.39 is 0 Å². The molecule has 3 rings (SSSR count). The maximum absolute atomic E-state index is 12.3. The molecule has 0 aromatic heterocycles. The maximum atomic E-state index is 12.3. The highest BCUT2D eigenvalue weighted by Crippen LogP contribution is 2.27. The van der Waals surface area contributed by atoms with Gasteiger partial charge in [-0.2, -0.15) is 0 Å². The van der Waals surface area contributed by atoms with E-state index in [9.17, 15) is 4.79 Å². The molecule has 2 nitrogen and oxygen atoms in total. The van der Waals surface area contributed by atoms with E-state index in [0.29, 0.717) is 5.75 Å². The summed E-state index contributed by atoms with van der Waals surface area (Å²) in [6.45, 7) is 0. The van der Waals surface area contributed by atoms with Crippen molar-refractivity contribution in [2.45, 2.75) is 5.75 Å². The van der Waals surface area contributed by atoms with Crippen molar-refractivity contribution in [2.75, 3.05) is 11.1 Å². The number of nitrogens with one attached hydrogen (secondary N) is 1. The fourth-order valence-electron chi connectivity index (χ4n) is 2.48. The van der Waals surface area contributed by atoms with Crippen molar-refractivity contribution in [1.29, 1.82) is 0 Å². The van der Waals surface area contributed by atoms with Crippen LogP contribution in [0.1, 0.15) is 5.56 Å². The van der Waals surface area contributed by atoms with Gasteiger partial charge in [0, 0.05) is 17.0 Å². The van der Waals surface area contributed by atoms with Crippen LogP contribution in [0.3, 0.4) is 0 Å². The van der Waals surface area contributed by atoms with Crippen molar-refractivity contribution < 1.29 is 4.79 Å². The molecule has 3 heteroatoms. The molecule has 0 heterocycles. The van der Waals surface area contributed by atoms with Crippen LogP contribution in [0, 0.1) is 0 Å². The van der Waals surface area contributed by atoms with Crippen LogP contribution in [0.2, 0.25) is 0 Å². The molecule has 0 saturated carbocycles. The van der Waals surface area contributed by atoms with Crippen LogP contribution >= 0.6 is 11.8 Å². The smallest absolute Gasteiger partial charge is 0.234 e. The van der Waals surface area contributed by atoms with E-state index in [0.717, 1.165) is 22.6 Å². The summed E-state index contributed by atoms with van der Waals surface area (Å²) in [5.74, 6) is 1.31. The van der Waals surface area contributed by atoms with Crippen molar-refractivity contribution in [3.05, 3.63) is 90.5 Å². The molecule has 24 heavy (non-hydrogen) atoms. The SMILES string of the molecule is O=C(CSCc1ccccc1)Nc1ccccc1-c1ccccc1. The molecule has 1 amide bonds. The van der Waals surface area contributed by atoms with Crippen molar-refractivity contribution in [3.63, 3.8) is 0 Å². The van der Waals surface area contributed by atoms with E-state index in [-0.39, 0.29) is 5.91 Å². The highest BCUT2D eigenvalue weighted by molar-refractivity contribution is 7.99. The number of rotatable bonds is 6. The van der Waals surface area contributed by atoms with Gasteiger partial charge in [0.05, 0.1) is 5.75 Å². The summed E-state index contributed by atoms with van der Waals surface area (Å²) in [4.78, 5) is 12.3. The normalized spacial score (nSPS) is 10.3. The lowest BCUT2D eigenvalue weighted by atomic mass is 10.0. The van der Waals surface area contributed by atoms with E-state index in [4.69, 9.17) is 0 Å². The van der Waals surface area contributed by atoms with Gasteiger partial charge >= 0.3 is 0 Å². The number of carbonyl (C=O) groups excluding carboxylic acids is 1. The third-order valence-electron chi connectivity index (χ3n) is 3.63. The van der Waals surface area contributed by atoms with Crippen LogP contribution in [-0.2, 0) is 10.5 Å². The highest BCUT2D eigenvalue weighted by Gasteiger charge is 2.08. The van der Waals surface area contributed by atoms with Crippen LogP contribution in [0.25, 0.3) is 11.1 Å². The van der Waals surface area contributed by atoms with Gasteiger partial charge in [0.2, 0.25) is 5.91 Å². The number of benzene rings is 3. The van der Waals surface area contributed by atoms with Gasteiger partial charge in [-0.15, -0.1) is 11.8 Å². The summed E-state index contributed by atoms with van der Waals surface area (Å²) in [7, 11) is 0. The van der Waals surface area contributed by atoms with Gasteiger partial charge in [-0.25, -0.2) is 0 Å². The number of thioether (sulfide) groups is 1. The first kappa shape index (κ1) is 16.3. The number of carbonyl (C=O) groups is 1. The van der Waals surface area contributed by atoms with Crippen molar-refractivity contribution >= 4 is 23.4 Å². The molecule has 0 saturated heterocycles. The van der Waals surface area contributed by atoms with Gasteiger partial charge in [0.1, 0.15) is 0 Å². The minimum Gasteiger partial charge on any atom is -0.325 e. The maximum Gasteiger partial charge on any atom is 0.234 e. The number of hydrogen-bond acceptors (Lipinski definition) is 2. The van der Waals surface area contributed by atoms with E-state index in [2.05, 4.69) is 29.6 Å². The van der Waals surface area contributed by atoms with Gasteiger partial charge in [-0.3, -0.25) is 4.79 Å². The molecule has 0 unspecified atom stereocenters. The van der Waals surface area contributed by atoms with Gasteiger partial charge in [0.25, 0.3) is 0 Å². The largest absolute Gasteiger partial charge is 0.325 e. The Morgan fingerprint density at radius 2 is 1.42 bits per heavy atom. The molecule has 0 bridgehead atoms. The fourth-order valence-corrected chi connectivity index (χ4v) is 3.27. The second-order valence-corrected chi connectivity index (χ2v) is 6.42. The Morgan fingerprint density at radius 3 is 2.17 bits per heavy atom. The van der Waals surface area contributed by atoms with Gasteiger partial charge in [-0.1, -0.05) is 78.9 Å². The number of para-hydroxylation sites is 1. The minimum absolute atomic E-state index is 0.0271. The number of anilines is 1. The monoisotopic (exact) mass is 333 g/mol. The van der Waals surface area contributed by atoms with Crippen molar-refractivity contribution in [1.82, 2.24) is 0 Å². The Bertz CT molecular complexity index is 787. The van der Waals surface area contributed by atoms with Gasteiger partial charge in [0.15, 0.2) is 0 Å². The summed E-state index contributed by atoms with van der Waals surface area (Å²) in [6.07, 6.45) is 0. The Balaban J connectivity index is 1.61. The van der Waals surface area contributed by atoms with Crippen LogP contribution in [0.4, 0.5) is 5.69 Å². The molecule has 0 atom stereocenters. The molecule has 0 radical (unpaired) electrons. The molecule has 3 aromatic carbocycles. The molecular formula is C21H19NOS. The summed E-state index contributed by atoms with van der Waals surface area (Å²) >= 11 is 1.62. The summed E-state index contributed by atoms with van der Waals surface area (Å²) < 4.78 is 0. The lowest BCUT2D eigenvalue weighted by Crippen LogP contribution is -2.14. The molecule has 0 aliphatic rings. The van der Waals surface area contributed by atoms with Gasteiger partial charge in [-0.05, 0) is 17.2 Å². The average Bonchev–Trinajstić information content (AvgIpc) is 2.64. The lowest BCUT2D eigenvalue weighted by molar-refractivity contribution is -0.113. The van der Waals surface area contributed by atoms with E-state index in [1.54, 1.807) is 11.8 Å². The first-order valence-electron chi connectivity index (χ1n) is 7.89. The zero-order valence-electron chi connectivity index (χ0n) is 13.3. The van der Waals surface area contributed by atoms with Crippen LogP contribution < -0.4 is 5.32 Å². The molecular weight excluding hydrogens is 314 g/mol. The lowest BCUT2D eigenvalue weighted by Gasteiger charge is -2.11. The Kier molecular flexibility index (Phi) is 5.70. The Morgan fingerprint density at radius 1 is 0.792 bits per heavy atom. The zero-order chi connectivity index (χ0) is 16.6. The van der Waals surface area contributed by atoms with E-state index in [1.165, 1.54) is 5.56 Å².